The molecule has 0 amide bonds. The summed E-state index contributed by atoms with van der Waals surface area (Å²) in [5, 5.41) is 10.0. The van der Waals surface area contributed by atoms with Gasteiger partial charge in [-0.1, -0.05) is 23.4 Å². The van der Waals surface area contributed by atoms with Gasteiger partial charge in [-0.2, -0.15) is 0 Å². The minimum Gasteiger partial charge on any atom is -0.461 e. The topological polar surface area (TPSA) is 100 Å². The van der Waals surface area contributed by atoms with Crippen molar-refractivity contribution in [3.05, 3.63) is 63.2 Å². The van der Waals surface area contributed by atoms with Crippen LogP contribution in [0.4, 0.5) is 0 Å². The lowest BCUT2D eigenvalue weighted by Crippen LogP contribution is -2.10. The number of fused-ring (bicyclic) bond motifs is 1. The fraction of sp³-hybridized carbons (Fsp3) is 0.238. The summed E-state index contributed by atoms with van der Waals surface area (Å²) >= 11 is 7.41. The molecule has 8 nitrogen and oxygen atoms in total. The Balaban J connectivity index is 1.44. The molecule has 0 bridgehead atoms. The molecular formula is C21H18ClN3O5S. The normalized spacial score (nSPS) is 11.2. The maximum atomic E-state index is 12.3. The number of aromatic nitrogens is 3. The SMILES string of the molecule is CCn1c(SCC(=O)OCc2cc(=O)oc3cc(C)c(Cl)cc23)nnc1-c1ccco1. The summed E-state index contributed by atoms with van der Waals surface area (Å²) in [6.07, 6.45) is 1.57. The molecule has 0 unspecified atom stereocenters. The van der Waals surface area contributed by atoms with E-state index in [1.165, 1.54) is 17.8 Å². The van der Waals surface area contributed by atoms with Crippen LogP contribution in [-0.2, 0) is 22.7 Å². The highest BCUT2D eigenvalue weighted by atomic mass is 35.5. The molecule has 0 N–H and O–H groups in total. The first kappa shape index (κ1) is 21.2. The van der Waals surface area contributed by atoms with Gasteiger partial charge in [0, 0.05) is 28.6 Å². The van der Waals surface area contributed by atoms with E-state index in [0.29, 0.717) is 44.8 Å². The number of aryl methyl sites for hydroxylation is 1. The monoisotopic (exact) mass is 459 g/mol. The number of rotatable bonds is 7. The number of hydrogen-bond acceptors (Lipinski definition) is 8. The molecule has 4 aromatic rings. The number of furan rings is 1. The lowest BCUT2D eigenvalue weighted by atomic mass is 10.1. The largest absolute Gasteiger partial charge is 0.461 e. The van der Waals surface area contributed by atoms with Crippen molar-refractivity contribution >= 4 is 40.3 Å². The van der Waals surface area contributed by atoms with Crippen molar-refractivity contribution in [1.82, 2.24) is 14.8 Å². The first-order valence-electron chi connectivity index (χ1n) is 9.44. The minimum absolute atomic E-state index is 0.0372. The third-order valence-electron chi connectivity index (χ3n) is 4.59. The van der Waals surface area contributed by atoms with Gasteiger partial charge in [-0.15, -0.1) is 10.2 Å². The van der Waals surface area contributed by atoms with Gasteiger partial charge in [-0.25, -0.2) is 4.79 Å². The zero-order valence-electron chi connectivity index (χ0n) is 16.8. The molecule has 0 aliphatic carbocycles. The van der Waals surface area contributed by atoms with Crippen LogP contribution in [0.25, 0.3) is 22.6 Å². The second kappa shape index (κ2) is 8.99. The van der Waals surface area contributed by atoms with E-state index in [-0.39, 0.29) is 12.4 Å². The molecule has 0 aliphatic heterocycles. The summed E-state index contributed by atoms with van der Waals surface area (Å²) < 4.78 is 17.8. The molecule has 31 heavy (non-hydrogen) atoms. The molecule has 0 saturated heterocycles. The molecule has 1 aromatic carbocycles. The maximum absolute atomic E-state index is 12.3. The maximum Gasteiger partial charge on any atom is 0.336 e. The molecule has 0 fully saturated rings. The van der Waals surface area contributed by atoms with Crippen molar-refractivity contribution in [1.29, 1.82) is 0 Å². The van der Waals surface area contributed by atoms with E-state index in [1.54, 1.807) is 30.5 Å². The van der Waals surface area contributed by atoms with Crippen molar-refractivity contribution in [3.8, 4) is 11.6 Å². The highest BCUT2D eigenvalue weighted by molar-refractivity contribution is 7.99. The van der Waals surface area contributed by atoms with Crippen molar-refractivity contribution in [2.45, 2.75) is 32.2 Å². The summed E-state index contributed by atoms with van der Waals surface area (Å²) in [4.78, 5) is 24.2. The molecule has 0 atom stereocenters. The standard InChI is InChI=1S/C21H18ClN3O5S/c1-3-25-20(16-5-4-6-28-16)23-24-21(25)31-11-19(27)29-10-13-8-18(26)30-17-7-12(2)15(22)9-14(13)17/h4-9H,3,10-11H2,1-2H3. The van der Waals surface area contributed by atoms with Crippen LogP contribution in [0.15, 0.2) is 55.4 Å². The van der Waals surface area contributed by atoms with Crippen molar-refractivity contribution in [2.75, 3.05) is 5.75 Å². The van der Waals surface area contributed by atoms with E-state index in [2.05, 4.69) is 10.2 Å². The van der Waals surface area contributed by atoms with Crippen LogP contribution in [0, 0.1) is 6.92 Å². The zero-order chi connectivity index (χ0) is 22.0. The van der Waals surface area contributed by atoms with Gasteiger partial charge in [-0.3, -0.25) is 9.36 Å². The predicted molar refractivity (Wildman–Crippen MR) is 116 cm³/mol. The number of ether oxygens (including phenoxy) is 1. The van der Waals surface area contributed by atoms with Crippen LogP contribution in [0.5, 0.6) is 0 Å². The van der Waals surface area contributed by atoms with Gasteiger partial charge < -0.3 is 13.6 Å². The Labute approximate surface area is 186 Å². The number of hydrogen-bond donors (Lipinski definition) is 0. The Morgan fingerprint density at radius 1 is 1.29 bits per heavy atom. The molecule has 0 saturated carbocycles. The van der Waals surface area contributed by atoms with Gasteiger partial charge in [0.1, 0.15) is 12.2 Å². The first-order chi connectivity index (χ1) is 15.0. The van der Waals surface area contributed by atoms with Crippen molar-refractivity contribution in [3.63, 3.8) is 0 Å². The highest BCUT2D eigenvalue weighted by Gasteiger charge is 2.17. The Morgan fingerprint density at radius 3 is 2.87 bits per heavy atom. The van der Waals surface area contributed by atoms with Crippen LogP contribution in [0.1, 0.15) is 18.1 Å². The van der Waals surface area contributed by atoms with Crippen LogP contribution >= 0.6 is 23.4 Å². The van der Waals surface area contributed by atoms with Crippen LogP contribution in [0.2, 0.25) is 5.02 Å². The van der Waals surface area contributed by atoms with E-state index < -0.39 is 11.6 Å². The van der Waals surface area contributed by atoms with Crippen molar-refractivity contribution < 1.29 is 18.4 Å². The van der Waals surface area contributed by atoms with Gasteiger partial charge in [-0.05, 0) is 43.7 Å². The number of carbonyl (C=O) groups is 1. The number of esters is 1. The zero-order valence-corrected chi connectivity index (χ0v) is 18.3. The lowest BCUT2D eigenvalue weighted by molar-refractivity contribution is -0.141. The molecule has 3 aromatic heterocycles. The summed E-state index contributed by atoms with van der Waals surface area (Å²) in [6.45, 7) is 4.32. The van der Waals surface area contributed by atoms with Gasteiger partial charge in [0.05, 0.1) is 12.0 Å². The fourth-order valence-electron chi connectivity index (χ4n) is 3.06. The number of benzene rings is 1. The Morgan fingerprint density at radius 2 is 2.13 bits per heavy atom. The van der Waals surface area contributed by atoms with Crippen molar-refractivity contribution in [2.24, 2.45) is 0 Å². The minimum atomic E-state index is -0.517. The fourth-order valence-corrected chi connectivity index (χ4v) is 4.02. The van der Waals surface area contributed by atoms with E-state index in [9.17, 15) is 9.59 Å². The third kappa shape index (κ3) is 4.52. The number of halogens is 1. The summed E-state index contributed by atoms with van der Waals surface area (Å²) in [5.41, 5.74) is 1.20. The van der Waals surface area contributed by atoms with Crippen LogP contribution in [0.3, 0.4) is 0 Å². The van der Waals surface area contributed by atoms with E-state index >= 15 is 0 Å². The molecule has 10 heteroatoms. The second-order valence-corrected chi connectivity index (χ2v) is 8.02. The van der Waals surface area contributed by atoms with E-state index in [1.807, 2.05) is 18.4 Å². The van der Waals surface area contributed by atoms with Gasteiger partial charge in [0.2, 0.25) is 0 Å². The highest BCUT2D eigenvalue weighted by Crippen LogP contribution is 2.26. The predicted octanol–water partition coefficient (Wildman–Crippen LogP) is 4.46. The average molecular weight is 460 g/mol. The summed E-state index contributed by atoms with van der Waals surface area (Å²) in [7, 11) is 0. The second-order valence-electron chi connectivity index (χ2n) is 6.67. The molecule has 160 valence electrons. The van der Waals surface area contributed by atoms with Crippen LogP contribution < -0.4 is 5.63 Å². The molecule has 3 heterocycles. The molecule has 0 radical (unpaired) electrons. The Hall–Kier alpha value is -3.04. The number of nitrogens with zero attached hydrogens (tertiary/aromatic N) is 3. The van der Waals surface area contributed by atoms with Gasteiger partial charge >= 0.3 is 11.6 Å². The Kier molecular flexibility index (Phi) is 6.15. The third-order valence-corrected chi connectivity index (χ3v) is 5.94. The van der Waals surface area contributed by atoms with E-state index in [0.717, 1.165) is 5.56 Å². The van der Waals surface area contributed by atoms with Gasteiger partial charge in [0.15, 0.2) is 16.7 Å². The molecule has 0 spiro atoms. The lowest BCUT2D eigenvalue weighted by Gasteiger charge is -2.09. The molecule has 0 aliphatic rings. The Bertz CT molecular complexity index is 1300. The van der Waals surface area contributed by atoms with E-state index in [4.69, 9.17) is 25.2 Å². The quantitative estimate of drug-likeness (QED) is 0.227. The smallest absolute Gasteiger partial charge is 0.336 e. The average Bonchev–Trinajstić information content (AvgIpc) is 3.41. The molecule has 4 rings (SSSR count). The van der Waals surface area contributed by atoms with Crippen LogP contribution in [-0.4, -0.2) is 26.5 Å². The summed E-state index contributed by atoms with van der Waals surface area (Å²) in [5.74, 6) is 0.787. The molecular weight excluding hydrogens is 442 g/mol. The number of thioether (sulfide) groups is 1. The van der Waals surface area contributed by atoms with Gasteiger partial charge in [0.25, 0.3) is 0 Å². The number of carbonyl (C=O) groups excluding carboxylic acids is 1. The first-order valence-corrected chi connectivity index (χ1v) is 10.8. The summed E-state index contributed by atoms with van der Waals surface area (Å²) in [6, 6.07) is 8.27.